The summed E-state index contributed by atoms with van der Waals surface area (Å²) < 4.78 is 0. The van der Waals surface area contributed by atoms with Crippen LogP contribution in [0.25, 0.3) is 0 Å². The molecule has 2 aromatic carbocycles. The van der Waals surface area contributed by atoms with Gasteiger partial charge >= 0.3 is 5.97 Å². The summed E-state index contributed by atoms with van der Waals surface area (Å²) in [5, 5.41) is 12.6. The standard InChI is InChI=1S/C17H18ClNO2/c1-12(13-5-3-2-4-6-13)9-10-19-16-8-7-14(17(20)21)11-15(16)18/h2-8,11-12,19H,9-10H2,1H3,(H,20,21). The number of hydrogen-bond acceptors (Lipinski definition) is 2. The third-order valence-electron chi connectivity index (χ3n) is 3.48. The predicted octanol–water partition coefficient (Wildman–Crippen LogP) is 4.64. The minimum absolute atomic E-state index is 0.197. The van der Waals surface area contributed by atoms with Gasteiger partial charge in [0.05, 0.1) is 16.3 Å². The number of aromatic carboxylic acids is 1. The van der Waals surface area contributed by atoms with E-state index < -0.39 is 5.97 Å². The summed E-state index contributed by atoms with van der Waals surface area (Å²) in [6.45, 7) is 2.97. The molecule has 4 heteroatoms. The Balaban J connectivity index is 1.90. The summed E-state index contributed by atoms with van der Waals surface area (Å²) in [6, 6.07) is 15.1. The molecular weight excluding hydrogens is 286 g/mol. The molecule has 0 radical (unpaired) electrons. The van der Waals surface area contributed by atoms with Crippen molar-refractivity contribution >= 4 is 23.3 Å². The molecule has 1 unspecified atom stereocenters. The summed E-state index contributed by atoms with van der Waals surface area (Å²) in [7, 11) is 0. The van der Waals surface area contributed by atoms with E-state index >= 15 is 0 Å². The van der Waals surface area contributed by atoms with Crippen LogP contribution in [-0.2, 0) is 0 Å². The van der Waals surface area contributed by atoms with Crippen molar-refractivity contribution < 1.29 is 9.90 Å². The van der Waals surface area contributed by atoms with E-state index in [9.17, 15) is 4.79 Å². The fourth-order valence-electron chi connectivity index (χ4n) is 2.16. The van der Waals surface area contributed by atoms with Crippen LogP contribution in [0.5, 0.6) is 0 Å². The van der Waals surface area contributed by atoms with E-state index in [0.717, 1.165) is 18.7 Å². The van der Waals surface area contributed by atoms with Crippen molar-refractivity contribution in [3.63, 3.8) is 0 Å². The average Bonchev–Trinajstić information content (AvgIpc) is 2.49. The lowest BCUT2D eigenvalue weighted by Gasteiger charge is -2.14. The molecule has 2 N–H and O–H groups in total. The molecule has 0 fully saturated rings. The predicted molar refractivity (Wildman–Crippen MR) is 86.4 cm³/mol. The second-order valence-corrected chi connectivity index (χ2v) is 5.43. The number of carbonyl (C=O) groups is 1. The zero-order chi connectivity index (χ0) is 15.2. The van der Waals surface area contributed by atoms with Crippen LogP contribution in [0.4, 0.5) is 5.69 Å². The molecule has 0 saturated heterocycles. The molecule has 0 aromatic heterocycles. The number of hydrogen-bond donors (Lipinski definition) is 2. The highest BCUT2D eigenvalue weighted by molar-refractivity contribution is 6.33. The highest BCUT2D eigenvalue weighted by Gasteiger charge is 2.08. The molecule has 0 aliphatic carbocycles. The van der Waals surface area contributed by atoms with Crippen molar-refractivity contribution in [3.8, 4) is 0 Å². The van der Waals surface area contributed by atoms with Gasteiger partial charge in [-0.05, 0) is 36.1 Å². The van der Waals surface area contributed by atoms with Gasteiger partial charge in [0, 0.05) is 6.54 Å². The maximum atomic E-state index is 10.8. The van der Waals surface area contributed by atoms with Crippen molar-refractivity contribution in [2.45, 2.75) is 19.3 Å². The maximum absolute atomic E-state index is 10.8. The maximum Gasteiger partial charge on any atom is 0.335 e. The molecule has 0 heterocycles. The van der Waals surface area contributed by atoms with E-state index in [0.29, 0.717) is 10.9 Å². The van der Waals surface area contributed by atoms with Crippen molar-refractivity contribution in [1.82, 2.24) is 0 Å². The lowest BCUT2D eigenvalue weighted by Crippen LogP contribution is -2.07. The molecule has 0 aliphatic heterocycles. The number of benzene rings is 2. The van der Waals surface area contributed by atoms with E-state index in [1.165, 1.54) is 11.6 Å². The number of rotatable bonds is 6. The second kappa shape index (κ2) is 7.14. The van der Waals surface area contributed by atoms with Crippen LogP contribution in [0.3, 0.4) is 0 Å². The van der Waals surface area contributed by atoms with Crippen LogP contribution in [0.15, 0.2) is 48.5 Å². The summed E-state index contributed by atoms with van der Waals surface area (Å²) >= 11 is 6.08. The zero-order valence-corrected chi connectivity index (χ0v) is 12.6. The molecule has 0 amide bonds. The normalized spacial score (nSPS) is 11.9. The highest BCUT2D eigenvalue weighted by Crippen LogP contribution is 2.24. The van der Waals surface area contributed by atoms with Gasteiger partial charge < -0.3 is 10.4 Å². The molecule has 1 atom stereocenters. The Morgan fingerprint density at radius 1 is 1.24 bits per heavy atom. The fraction of sp³-hybridized carbons (Fsp3) is 0.235. The Labute approximate surface area is 129 Å². The Morgan fingerprint density at radius 2 is 1.95 bits per heavy atom. The molecular formula is C17H18ClNO2. The summed E-state index contributed by atoms with van der Waals surface area (Å²) in [5.74, 6) is -0.517. The summed E-state index contributed by atoms with van der Waals surface area (Å²) in [6.07, 6.45) is 0.973. The van der Waals surface area contributed by atoms with Crippen molar-refractivity contribution in [2.75, 3.05) is 11.9 Å². The van der Waals surface area contributed by atoms with Gasteiger partial charge in [0.2, 0.25) is 0 Å². The smallest absolute Gasteiger partial charge is 0.335 e. The Bertz CT molecular complexity index is 613. The van der Waals surface area contributed by atoms with Gasteiger partial charge in [-0.1, -0.05) is 48.9 Å². The van der Waals surface area contributed by atoms with E-state index in [-0.39, 0.29) is 5.56 Å². The molecule has 3 nitrogen and oxygen atoms in total. The molecule has 0 spiro atoms. The molecule has 21 heavy (non-hydrogen) atoms. The molecule has 2 aromatic rings. The third-order valence-corrected chi connectivity index (χ3v) is 3.79. The first-order valence-corrected chi connectivity index (χ1v) is 7.27. The first-order valence-electron chi connectivity index (χ1n) is 6.89. The van der Waals surface area contributed by atoms with E-state index in [2.05, 4.69) is 24.4 Å². The summed E-state index contributed by atoms with van der Waals surface area (Å²) in [4.78, 5) is 10.8. The van der Waals surface area contributed by atoms with E-state index in [1.807, 2.05) is 18.2 Å². The van der Waals surface area contributed by atoms with Gasteiger partial charge in [-0.25, -0.2) is 4.79 Å². The fourth-order valence-corrected chi connectivity index (χ4v) is 2.41. The Morgan fingerprint density at radius 3 is 2.57 bits per heavy atom. The van der Waals surface area contributed by atoms with Crippen LogP contribution in [0.2, 0.25) is 5.02 Å². The second-order valence-electron chi connectivity index (χ2n) is 5.03. The van der Waals surface area contributed by atoms with Gasteiger partial charge in [-0.2, -0.15) is 0 Å². The number of carboxylic acids is 1. The summed E-state index contributed by atoms with van der Waals surface area (Å²) in [5.41, 5.74) is 2.27. The van der Waals surface area contributed by atoms with Gasteiger partial charge in [0.25, 0.3) is 0 Å². The molecule has 0 bridgehead atoms. The number of halogens is 1. The van der Waals surface area contributed by atoms with Crippen molar-refractivity contribution in [3.05, 3.63) is 64.7 Å². The lowest BCUT2D eigenvalue weighted by molar-refractivity contribution is 0.0697. The number of carboxylic acid groups (broad SMARTS) is 1. The quantitative estimate of drug-likeness (QED) is 0.817. The Kier molecular flexibility index (Phi) is 5.23. The van der Waals surface area contributed by atoms with Crippen LogP contribution < -0.4 is 5.32 Å². The van der Waals surface area contributed by atoms with Gasteiger partial charge in [-0.15, -0.1) is 0 Å². The van der Waals surface area contributed by atoms with E-state index in [1.54, 1.807) is 12.1 Å². The molecule has 0 aliphatic rings. The minimum atomic E-state index is -0.971. The van der Waals surface area contributed by atoms with Crippen LogP contribution in [0, 0.1) is 0 Å². The topological polar surface area (TPSA) is 49.3 Å². The van der Waals surface area contributed by atoms with Gasteiger partial charge in [0.15, 0.2) is 0 Å². The Hall–Kier alpha value is -2.00. The first kappa shape index (κ1) is 15.4. The molecule has 0 saturated carbocycles. The van der Waals surface area contributed by atoms with E-state index in [4.69, 9.17) is 16.7 Å². The molecule has 110 valence electrons. The van der Waals surface area contributed by atoms with Gasteiger partial charge in [-0.3, -0.25) is 0 Å². The van der Waals surface area contributed by atoms with Crippen molar-refractivity contribution in [2.24, 2.45) is 0 Å². The van der Waals surface area contributed by atoms with Crippen LogP contribution >= 0.6 is 11.6 Å². The number of nitrogens with one attached hydrogen (secondary N) is 1. The monoisotopic (exact) mass is 303 g/mol. The third kappa shape index (κ3) is 4.23. The van der Waals surface area contributed by atoms with Crippen LogP contribution in [-0.4, -0.2) is 17.6 Å². The minimum Gasteiger partial charge on any atom is -0.478 e. The lowest BCUT2D eigenvalue weighted by atomic mass is 9.98. The average molecular weight is 304 g/mol. The highest BCUT2D eigenvalue weighted by atomic mass is 35.5. The SMILES string of the molecule is CC(CCNc1ccc(C(=O)O)cc1Cl)c1ccccc1. The number of anilines is 1. The van der Waals surface area contributed by atoms with Crippen LogP contribution in [0.1, 0.15) is 35.2 Å². The first-order chi connectivity index (χ1) is 10.1. The zero-order valence-electron chi connectivity index (χ0n) is 11.8. The molecule has 2 rings (SSSR count). The largest absolute Gasteiger partial charge is 0.478 e. The van der Waals surface area contributed by atoms with Gasteiger partial charge in [0.1, 0.15) is 0 Å². The van der Waals surface area contributed by atoms with Crippen molar-refractivity contribution in [1.29, 1.82) is 0 Å².